The molecule has 3 nitrogen and oxygen atoms in total. The molecule has 0 amide bonds. The van der Waals surface area contributed by atoms with Crippen molar-refractivity contribution in [1.82, 2.24) is 0 Å². The first kappa shape index (κ1) is 9.52. The highest BCUT2D eigenvalue weighted by Gasteiger charge is 2.00. The fraction of sp³-hybridized carbons (Fsp3) is 0. The maximum Gasteiger partial charge on any atom is 0.140 e. The molecule has 0 fully saturated rings. The summed E-state index contributed by atoms with van der Waals surface area (Å²) in [5.41, 5.74) is 9.13. The molecule has 1 aromatic heterocycles. The lowest BCUT2D eigenvalue weighted by atomic mass is 10.1. The van der Waals surface area contributed by atoms with Crippen LogP contribution in [-0.4, -0.2) is 0 Å². The molecule has 1 N–H and O–H groups in total. The van der Waals surface area contributed by atoms with Crippen molar-refractivity contribution in [3.63, 3.8) is 0 Å². The lowest BCUT2D eigenvalue weighted by Crippen LogP contribution is -1.69. The summed E-state index contributed by atoms with van der Waals surface area (Å²) in [7, 11) is -1.64. The number of para-hydroxylation sites is 2. The summed E-state index contributed by atoms with van der Waals surface area (Å²) in [6, 6.07) is 15.4. The molecule has 0 spiro atoms. The van der Waals surface area contributed by atoms with Gasteiger partial charge in [0.05, 0.1) is 0 Å². The van der Waals surface area contributed by atoms with E-state index in [1.165, 1.54) is 0 Å². The van der Waals surface area contributed by atoms with Crippen LogP contribution >= 0.6 is 8.16 Å². The van der Waals surface area contributed by atoms with Crippen LogP contribution in [0.4, 0.5) is 0 Å². The fourth-order valence-corrected chi connectivity index (χ4v) is 2.45. The Balaban J connectivity index is 2.66. The number of rotatable bonds is 0. The van der Waals surface area contributed by atoms with Gasteiger partial charge in [0, 0.05) is 10.8 Å². The second kappa shape index (κ2) is 3.71. The molecular formula is C12H9NO2P-. The zero-order valence-corrected chi connectivity index (χ0v) is 9.28. The van der Waals surface area contributed by atoms with Crippen molar-refractivity contribution in [2.75, 3.05) is 0 Å². The van der Waals surface area contributed by atoms with Crippen LogP contribution < -0.4 is 0 Å². The maximum absolute atomic E-state index is 7.69. The van der Waals surface area contributed by atoms with Crippen LogP contribution in [-0.2, 0) is 0 Å². The molecule has 0 unspecified atom stereocenters. The van der Waals surface area contributed by atoms with E-state index in [2.05, 4.69) is 0 Å². The molecular weight excluding hydrogens is 221 g/mol. The number of fused-ring (bicyclic) bond motifs is 3. The van der Waals surface area contributed by atoms with E-state index in [0.717, 1.165) is 10.8 Å². The molecule has 3 rings (SSSR count). The number of hydrogen-bond donors (Lipinski definition) is 0. The van der Waals surface area contributed by atoms with E-state index in [9.17, 15) is 0 Å². The van der Waals surface area contributed by atoms with E-state index >= 15 is 0 Å². The Bertz CT molecular complexity index is 633. The van der Waals surface area contributed by atoms with Gasteiger partial charge in [0.1, 0.15) is 19.3 Å². The van der Waals surface area contributed by atoms with Gasteiger partial charge in [0.15, 0.2) is 0 Å². The molecule has 0 aliphatic carbocycles. The van der Waals surface area contributed by atoms with Crippen molar-refractivity contribution in [3.8, 4) is 0 Å². The molecule has 3 aromatic rings. The summed E-state index contributed by atoms with van der Waals surface area (Å²) in [6.45, 7) is 0. The molecule has 1 heterocycles. The Morgan fingerprint density at radius 2 is 1.19 bits per heavy atom. The molecule has 4 heteroatoms. The van der Waals surface area contributed by atoms with Crippen LogP contribution in [0.1, 0.15) is 0 Å². The highest BCUT2D eigenvalue weighted by Crippen LogP contribution is 2.34. The molecule has 0 saturated carbocycles. The molecule has 0 saturated heterocycles. The molecule has 0 bridgehead atoms. The zero-order valence-electron chi connectivity index (χ0n) is 8.38. The largest absolute Gasteiger partial charge is 0.567 e. The van der Waals surface area contributed by atoms with Crippen LogP contribution in [0.15, 0.2) is 56.9 Å². The second-order valence-electron chi connectivity index (χ2n) is 3.43. The summed E-state index contributed by atoms with van der Waals surface area (Å²) in [4.78, 5) is 0. The predicted octanol–water partition coefficient (Wildman–Crippen LogP) is 5.11. The van der Waals surface area contributed by atoms with E-state index in [0.29, 0.717) is 11.2 Å². The van der Waals surface area contributed by atoms with Gasteiger partial charge in [-0.15, -0.1) is 0 Å². The quantitative estimate of drug-likeness (QED) is 0.539. The Morgan fingerprint density at radius 3 is 1.69 bits per heavy atom. The summed E-state index contributed by atoms with van der Waals surface area (Å²) in [6.07, 6.45) is 0. The minimum Gasteiger partial charge on any atom is -0.567 e. The third kappa shape index (κ3) is 1.51. The number of hydrogen-bond acceptors (Lipinski definition) is 2. The Morgan fingerprint density at radius 1 is 0.750 bits per heavy atom. The van der Waals surface area contributed by atoms with Gasteiger partial charge in [-0.2, -0.15) is 0 Å². The van der Waals surface area contributed by atoms with Crippen LogP contribution in [0, 0.1) is 0 Å². The van der Waals surface area contributed by atoms with E-state index in [1.54, 1.807) is 0 Å². The average molecular weight is 230 g/mol. The van der Waals surface area contributed by atoms with Crippen molar-refractivity contribution < 1.29 is 8.39 Å². The first-order chi connectivity index (χ1) is 7.84. The van der Waals surface area contributed by atoms with Crippen LogP contribution in [0.5, 0.6) is 0 Å². The summed E-state index contributed by atoms with van der Waals surface area (Å²) < 4.78 is 10.9. The smallest absolute Gasteiger partial charge is 0.140 e. The van der Waals surface area contributed by atoms with Gasteiger partial charge in [0.2, 0.25) is 0 Å². The standard InChI is InChI=1S/C12H9NO2P/c13-16-14-11-7-3-1-5-9(11)10-6-2-4-8-12(10)15-16/h1-8,13H/q-1. The first-order valence-electron chi connectivity index (χ1n) is 4.90. The predicted molar refractivity (Wildman–Crippen MR) is 66.0 cm³/mol. The minimum atomic E-state index is -1.64. The third-order valence-corrected chi connectivity index (χ3v) is 3.15. The van der Waals surface area contributed by atoms with Crippen molar-refractivity contribution in [2.24, 2.45) is 0 Å². The number of benzene rings is 2. The van der Waals surface area contributed by atoms with E-state index in [-0.39, 0.29) is 0 Å². The van der Waals surface area contributed by atoms with Crippen molar-refractivity contribution in [2.45, 2.75) is 0 Å². The zero-order chi connectivity index (χ0) is 11.0. The van der Waals surface area contributed by atoms with Crippen LogP contribution in [0.2, 0.25) is 0 Å². The van der Waals surface area contributed by atoms with Gasteiger partial charge in [-0.05, 0) is 12.1 Å². The average Bonchev–Trinajstić information content (AvgIpc) is 2.44. The summed E-state index contributed by atoms with van der Waals surface area (Å²) >= 11 is 0. The molecule has 0 atom stereocenters. The highest BCUT2D eigenvalue weighted by atomic mass is 31.1. The molecule has 0 aliphatic rings. The van der Waals surface area contributed by atoms with Gasteiger partial charge < -0.3 is 13.9 Å². The highest BCUT2D eigenvalue weighted by molar-refractivity contribution is 7.39. The van der Waals surface area contributed by atoms with Gasteiger partial charge in [-0.3, -0.25) is 0 Å². The van der Waals surface area contributed by atoms with Gasteiger partial charge in [0.25, 0.3) is 0 Å². The van der Waals surface area contributed by atoms with Crippen molar-refractivity contribution in [3.05, 3.63) is 54.0 Å². The Labute approximate surface area is 93.1 Å². The van der Waals surface area contributed by atoms with Crippen LogP contribution in [0.3, 0.4) is 0 Å². The van der Waals surface area contributed by atoms with Crippen molar-refractivity contribution >= 4 is 30.1 Å². The summed E-state index contributed by atoms with van der Waals surface area (Å²) in [5.74, 6) is 0. The maximum atomic E-state index is 7.69. The molecule has 2 aromatic carbocycles. The van der Waals surface area contributed by atoms with Gasteiger partial charge >= 0.3 is 0 Å². The molecule has 16 heavy (non-hydrogen) atoms. The first-order valence-corrected chi connectivity index (χ1v) is 6.08. The fourth-order valence-electron chi connectivity index (χ4n) is 1.73. The van der Waals surface area contributed by atoms with Crippen molar-refractivity contribution in [1.29, 1.82) is 0 Å². The summed E-state index contributed by atoms with van der Waals surface area (Å²) in [5, 5.41) is 1.96. The molecule has 0 radical (unpaired) electrons. The third-order valence-electron chi connectivity index (χ3n) is 2.43. The van der Waals surface area contributed by atoms with Crippen LogP contribution in [0.25, 0.3) is 27.4 Å². The van der Waals surface area contributed by atoms with Gasteiger partial charge in [-0.25, -0.2) is 0 Å². The van der Waals surface area contributed by atoms with E-state index in [1.807, 2.05) is 48.5 Å². The Hall–Kier alpha value is -1.70. The van der Waals surface area contributed by atoms with E-state index in [4.69, 9.17) is 13.9 Å². The SMILES string of the molecule is [NH-]p1oc2ccccc2c2ccccc2o1. The number of nitrogens with one attached hydrogen (secondary N) is 1. The lowest BCUT2D eigenvalue weighted by molar-refractivity contribution is 0.651. The second-order valence-corrected chi connectivity index (χ2v) is 4.31. The lowest BCUT2D eigenvalue weighted by Gasteiger charge is -1.95. The monoisotopic (exact) mass is 230 g/mol. The van der Waals surface area contributed by atoms with Gasteiger partial charge in [-0.1, -0.05) is 36.4 Å². The molecule has 0 aliphatic heterocycles. The Kier molecular flexibility index (Phi) is 2.21. The van der Waals surface area contributed by atoms with E-state index < -0.39 is 8.16 Å². The molecule has 80 valence electrons. The topological polar surface area (TPSA) is 50.1 Å². The normalized spacial score (nSPS) is 10.8. The minimum absolute atomic E-state index is 0.716.